The van der Waals surface area contributed by atoms with Crippen molar-refractivity contribution in [1.82, 2.24) is 0 Å². The van der Waals surface area contributed by atoms with Crippen molar-refractivity contribution >= 4 is 22.1 Å². The number of esters is 1. The zero-order valence-corrected chi connectivity index (χ0v) is 10.4. The zero-order chi connectivity index (χ0) is 14.4. The molecule has 0 aliphatic heterocycles. The van der Waals surface area contributed by atoms with Gasteiger partial charge in [-0.3, -0.25) is 14.1 Å². The van der Waals surface area contributed by atoms with Crippen LogP contribution in [0, 0.1) is 0 Å². The predicted octanol–water partition coefficient (Wildman–Crippen LogP) is 0.393. The maximum absolute atomic E-state index is 11.7. The van der Waals surface area contributed by atoms with Crippen LogP contribution in [0.1, 0.15) is 12.8 Å². The lowest BCUT2D eigenvalue weighted by Crippen LogP contribution is -2.48. The summed E-state index contributed by atoms with van der Waals surface area (Å²) in [5, 5.41) is 8.68. The Kier molecular flexibility index (Phi) is 5.73. The molecule has 0 aliphatic rings. The monoisotopic (exact) mass is 278 g/mol. The quantitative estimate of drug-likeness (QED) is 0.374. The number of ether oxygens (including phenoxy) is 1. The fraction of sp³-hybridized carbons (Fsp3) is 0.400. The highest BCUT2D eigenvalue weighted by Gasteiger charge is 2.52. The van der Waals surface area contributed by atoms with E-state index in [-0.39, 0.29) is 6.61 Å². The van der Waals surface area contributed by atoms with Crippen LogP contribution < -0.4 is 0 Å². The third-order valence-corrected chi connectivity index (χ3v) is 3.57. The van der Waals surface area contributed by atoms with Crippen LogP contribution in [-0.4, -0.2) is 41.4 Å². The predicted molar refractivity (Wildman–Crippen MR) is 62.5 cm³/mol. The van der Waals surface area contributed by atoms with Crippen molar-refractivity contribution in [3.05, 3.63) is 25.3 Å². The summed E-state index contributed by atoms with van der Waals surface area (Å²) >= 11 is 0. The summed E-state index contributed by atoms with van der Waals surface area (Å²) in [4.78, 5) is 22.4. The van der Waals surface area contributed by atoms with Crippen LogP contribution >= 0.6 is 0 Å². The van der Waals surface area contributed by atoms with Crippen molar-refractivity contribution < 1.29 is 32.4 Å². The van der Waals surface area contributed by atoms with E-state index < -0.39 is 39.6 Å². The lowest BCUT2D eigenvalue weighted by molar-refractivity contribution is -0.150. The van der Waals surface area contributed by atoms with Gasteiger partial charge in [0, 0.05) is 0 Å². The molecular weight excluding hydrogens is 264 g/mol. The Balaban J connectivity index is 5.59. The third kappa shape index (κ3) is 3.67. The van der Waals surface area contributed by atoms with Gasteiger partial charge in [0.1, 0.15) is 6.61 Å². The number of rotatable bonds is 8. The third-order valence-electron chi connectivity index (χ3n) is 2.11. The normalized spacial score (nSPS) is 14.3. The zero-order valence-electron chi connectivity index (χ0n) is 9.53. The first kappa shape index (κ1) is 16.3. The molecule has 0 aromatic carbocycles. The van der Waals surface area contributed by atoms with Gasteiger partial charge in [-0.2, -0.15) is 8.42 Å². The summed E-state index contributed by atoms with van der Waals surface area (Å²) in [6, 6.07) is 0. The fourth-order valence-electron chi connectivity index (χ4n) is 1.27. The van der Waals surface area contributed by atoms with E-state index in [0.717, 1.165) is 6.08 Å². The van der Waals surface area contributed by atoms with E-state index in [1.54, 1.807) is 0 Å². The molecule has 0 rings (SSSR count). The van der Waals surface area contributed by atoms with Gasteiger partial charge in [0.15, 0.2) is 0 Å². The molecule has 8 heteroatoms. The Labute approximate surface area is 105 Å². The molecule has 0 radical (unpaired) electrons. The van der Waals surface area contributed by atoms with E-state index in [1.807, 2.05) is 0 Å². The molecule has 7 nitrogen and oxygen atoms in total. The number of carbonyl (C=O) groups is 2. The molecule has 0 aliphatic carbocycles. The van der Waals surface area contributed by atoms with Crippen LogP contribution in [0.25, 0.3) is 0 Å². The number of carboxylic acids is 1. The molecule has 0 heterocycles. The number of allylic oxidation sites excluding steroid dienone is 1. The van der Waals surface area contributed by atoms with E-state index in [1.165, 1.54) is 6.08 Å². The van der Waals surface area contributed by atoms with Gasteiger partial charge < -0.3 is 9.84 Å². The van der Waals surface area contributed by atoms with Crippen LogP contribution in [0.3, 0.4) is 0 Å². The molecule has 0 bridgehead atoms. The smallest absolute Gasteiger partial charge is 0.331 e. The highest BCUT2D eigenvalue weighted by molar-refractivity contribution is 7.88. The van der Waals surface area contributed by atoms with E-state index in [4.69, 9.17) is 9.66 Å². The number of carboxylic acid groups (broad SMARTS) is 1. The Hall–Kier alpha value is -1.67. The van der Waals surface area contributed by atoms with Crippen LogP contribution in [0.4, 0.5) is 0 Å². The van der Waals surface area contributed by atoms with Crippen molar-refractivity contribution in [3.8, 4) is 0 Å². The summed E-state index contributed by atoms with van der Waals surface area (Å²) in [7, 11) is -4.97. The largest absolute Gasteiger partial charge is 0.481 e. The van der Waals surface area contributed by atoms with Gasteiger partial charge in [0.25, 0.3) is 10.1 Å². The second kappa shape index (κ2) is 6.31. The summed E-state index contributed by atoms with van der Waals surface area (Å²) in [6.07, 6.45) is 0.509. The Morgan fingerprint density at radius 1 is 1.28 bits per heavy atom. The van der Waals surface area contributed by atoms with Crippen molar-refractivity contribution in [3.63, 3.8) is 0 Å². The van der Waals surface area contributed by atoms with Gasteiger partial charge in [-0.15, -0.1) is 6.58 Å². The minimum Gasteiger partial charge on any atom is -0.481 e. The Bertz CT molecular complexity index is 451. The maximum atomic E-state index is 11.7. The molecule has 0 aromatic heterocycles. The molecule has 1 atom stereocenters. The van der Waals surface area contributed by atoms with Crippen LogP contribution in [0.15, 0.2) is 25.3 Å². The summed E-state index contributed by atoms with van der Waals surface area (Å²) in [5.41, 5.74) is 0. The first-order valence-corrected chi connectivity index (χ1v) is 6.23. The molecule has 0 fully saturated rings. The molecule has 102 valence electrons. The van der Waals surface area contributed by atoms with Gasteiger partial charge in [0.2, 0.25) is 4.75 Å². The number of carbonyl (C=O) groups excluding carboxylic acids is 1. The van der Waals surface area contributed by atoms with E-state index in [9.17, 15) is 18.0 Å². The molecule has 18 heavy (non-hydrogen) atoms. The molecule has 0 amide bonds. The van der Waals surface area contributed by atoms with Crippen molar-refractivity contribution in [1.29, 1.82) is 0 Å². The Morgan fingerprint density at radius 3 is 2.17 bits per heavy atom. The lowest BCUT2D eigenvalue weighted by Gasteiger charge is -2.25. The first-order valence-electron chi connectivity index (χ1n) is 4.79. The van der Waals surface area contributed by atoms with Gasteiger partial charge >= 0.3 is 11.9 Å². The molecule has 0 saturated carbocycles. The molecule has 0 saturated heterocycles. The first-order chi connectivity index (χ1) is 8.21. The van der Waals surface area contributed by atoms with E-state index in [0.29, 0.717) is 0 Å². The number of aliphatic carboxylic acids is 1. The van der Waals surface area contributed by atoms with Crippen molar-refractivity contribution in [2.24, 2.45) is 0 Å². The molecular formula is C10H14O7S. The summed E-state index contributed by atoms with van der Waals surface area (Å²) < 4.78 is 33.7. The molecule has 1 unspecified atom stereocenters. The van der Waals surface area contributed by atoms with Crippen LogP contribution in [0.2, 0.25) is 0 Å². The molecule has 0 spiro atoms. The number of hydrogen-bond acceptors (Lipinski definition) is 5. The van der Waals surface area contributed by atoms with Gasteiger partial charge in [0.05, 0.1) is 6.42 Å². The average Bonchev–Trinajstić information content (AvgIpc) is 2.22. The summed E-state index contributed by atoms with van der Waals surface area (Å²) in [6.45, 7) is 6.19. The second-order valence-corrected chi connectivity index (χ2v) is 5.15. The minimum absolute atomic E-state index is 0.299. The van der Waals surface area contributed by atoms with Crippen LogP contribution in [-0.2, 0) is 24.4 Å². The van der Waals surface area contributed by atoms with Crippen molar-refractivity contribution in [2.75, 3.05) is 6.61 Å². The maximum Gasteiger partial charge on any atom is 0.331 e. The van der Waals surface area contributed by atoms with Crippen molar-refractivity contribution in [2.45, 2.75) is 17.6 Å². The lowest BCUT2D eigenvalue weighted by atomic mass is 10.0. The van der Waals surface area contributed by atoms with E-state index >= 15 is 0 Å². The van der Waals surface area contributed by atoms with Crippen LogP contribution in [0.5, 0.6) is 0 Å². The average molecular weight is 278 g/mol. The minimum atomic E-state index is -4.97. The Morgan fingerprint density at radius 2 is 1.83 bits per heavy atom. The topological polar surface area (TPSA) is 118 Å². The van der Waals surface area contributed by atoms with Gasteiger partial charge in [-0.05, 0) is 6.42 Å². The standard InChI is InChI=1S/C10H14O7S/c1-3-5-10(7-8(11)12,18(14,15)16)9(13)17-6-4-2/h3-4H,1-2,5-7H2,(H,11,12)(H,14,15,16). The number of hydrogen-bond donors (Lipinski definition) is 2. The fourth-order valence-corrected chi connectivity index (χ4v) is 2.18. The van der Waals surface area contributed by atoms with Gasteiger partial charge in [-0.25, -0.2) is 0 Å². The second-order valence-electron chi connectivity index (χ2n) is 3.42. The van der Waals surface area contributed by atoms with Gasteiger partial charge in [-0.1, -0.05) is 18.7 Å². The molecule has 0 aromatic rings. The SMILES string of the molecule is C=CCOC(=O)C(CC=C)(CC(=O)O)S(=O)(=O)O. The van der Waals surface area contributed by atoms with E-state index in [2.05, 4.69) is 17.9 Å². The highest BCUT2D eigenvalue weighted by atomic mass is 32.2. The molecule has 2 N–H and O–H groups in total. The highest BCUT2D eigenvalue weighted by Crippen LogP contribution is 2.28. The summed E-state index contributed by atoms with van der Waals surface area (Å²) in [5.74, 6) is -2.92.